The SMILES string of the molecule is CCC/C(=C\c1ccc(O)cc1Cl)CC[C@H]1OB(O)C[C@H]2C1=C(C)C[C@H]1C(=O)N(c3cccc(B(O)O)c3)C(=O)[C@H]12. The number of halogens is 1. The summed E-state index contributed by atoms with van der Waals surface area (Å²) in [5.74, 6) is -2.03. The van der Waals surface area contributed by atoms with E-state index < -0.39 is 32.2 Å². The van der Waals surface area contributed by atoms with E-state index in [0.29, 0.717) is 30.0 Å². The molecule has 3 aliphatic rings. The first kappa shape index (κ1) is 29.6. The Bertz CT molecular complexity index is 1410. The predicted molar refractivity (Wildman–Crippen MR) is 159 cm³/mol. The van der Waals surface area contributed by atoms with Gasteiger partial charge in [0.2, 0.25) is 11.8 Å². The molecule has 2 saturated heterocycles. The van der Waals surface area contributed by atoms with E-state index in [4.69, 9.17) is 16.3 Å². The highest BCUT2D eigenvalue weighted by molar-refractivity contribution is 6.58. The molecule has 2 amide bonds. The fourth-order valence-corrected chi connectivity index (χ4v) is 6.99. The summed E-state index contributed by atoms with van der Waals surface area (Å²) in [5.41, 5.74) is 4.50. The minimum absolute atomic E-state index is 0.107. The molecule has 0 bridgehead atoms. The van der Waals surface area contributed by atoms with Crippen molar-refractivity contribution in [3.63, 3.8) is 0 Å². The van der Waals surface area contributed by atoms with Crippen molar-refractivity contribution in [3.8, 4) is 5.75 Å². The lowest BCUT2D eigenvalue weighted by molar-refractivity contribution is -0.122. The second-order valence-corrected chi connectivity index (χ2v) is 11.7. The third-order valence-corrected chi connectivity index (χ3v) is 8.85. The number of hydrogen-bond donors (Lipinski definition) is 4. The average molecular weight is 578 g/mol. The van der Waals surface area contributed by atoms with Gasteiger partial charge in [-0.25, -0.2) is 0 Å². The van der Waals surface area contributed by atoms with Crippen LogP contribution in [0.25, 0.3) is 6.08 Å². The van der Waals surface area contributed by atoms with Gasteiger partial charge in [-0.3, -0.25) is 14.5 Å². The highest BCUT2D eigenvalue weighted by Crippen LogP contribution is 2.51. The number of anilines is 1. The van der Waals surface area contributed by atoms with Crippen molar-refractivity contribution >= 4 is 54.9 Å². The van der Waals surface area contributed by atoms with E-state index in [0.717, 1.165) is 40.0 Å². The van der Waals surface area contributed by atoms with Gasteiger partial charge in [0.05, 0.1) is 28.6 Å². The maximum Gasteiger partial charge on any atom is 0.488 e. The molecule has 0 radical (unpaired) electrons. The largest absolute Gasteiger partial charge is 0.508 e. The summed E-state index contributed by atoms with van der Waals surface area (Å²) in [6.07, 6.45) is 5.37. The third-order valence-electron chi connectivity index (χ3n) is 8.52. The Hall–Kier alpha value is -2.88. The van der Waals surface area contributed by atoms with Gasteiger partial charge in [-0.1, -0.05) is 54.3 Å². The van der Waals surface area contributed by atoms with Gasteiger partial charge in [-0.05, 0) is 91.8 Å². The molecule has 4 N–H and O–H groups in total. The summed E-state index contributed by atoms with van der Waals surface area (Å²) in [7, 11) is -2.78. The summed E-state index contributed by atoms with van der Waals surface area (Å²) in [5, 5.41) is 40.1. The van der Waals surface area contributed by atoms with E-state index in [9.17, 15) is 29.8 Å². The zero-order valence-electron chi connectivity index (χ0n) is 23.2. The van der Waals surface area contributed by atoms with Crippen LogP contribution in [-0.2, 0) is 14.2 Å². The van der Waals surface area contributed by atoms with Crippen molar-refractivity contribution in [2.75, 3.05) is 4.90 Å². The van der Waals surface area contributed by atoms with Crippen LogP contribution in [0.4, 0.5) is 5.69 Å². The summed E-state index contributed by atoms with van der Waals surface area (Å²) in [4.78, 5) is 28.5. The number of allylic oxidation sites excluding steroid dienone is 2. The van der Waals surface area contributed by atoms with Crippen LogP contribution in [0.15, 0.2) is 59.2 Å². The van der Waals surface area contributed by atoms with Gasteiger partial charge >= 0.3 is 14.2 Å². The van der Waals surface area contributed by atoms with Crippen molar-refractivity contribution in [1.29, 1.82) is 0 Å². The Labute approximate surface area is 245 Å². The van der Waals surface area contributed by atoms with Gasteiger partial charge in [-0.2, -0.15) is 0 Å². The van der Waals surface area contributed by atoms with Crippen LogP contribution in [-0.4, -0.2) is 52.3 Å². The number of imide groups is 1. The topological polar surface area (TPSA) is 128 Å². The zero-order valence-corrected chi connectivity index (χ0v) is 23.9. The van der Waals surface area contributed by atoms with Gasteiger partial charge in [0, 0.05) is 0 Å². The number of phenols is 1. The Kier molecular flexibility index (Phi) is 8.78. The first-order chi connectivity index (χ1) is 19.6. The lowest BCUT2D eigenvalue weighted by Gasteiger charge is -2.42. The molecule has 41 heavy (non-hydrogen) atoms. The monoisotopic (exact) mass is 577 g/mol. The van der Waals surface area contributed by atoms with E-state index in [-0.39, 0.29) is 35.3 Å². The summed E-state index contributed by atoms with van der Waals surface area (Å²) in [6, 6.07) is 11.1. The van der Waals surface area contributed by atoms with Gasteiger partial charge in [-0.15, -0.1) is 0 Å². The summed E-state index contributed by atoms with van der Waals surface area (Å²) >= 11 is 6.35. The van der Waals surface area contributed by atoms with Crippen LogP contribution in [0.3, 0.4) is 0 Å². The molecule has 2 fully saturated rings. The minimum Gasteiger partial charge on any atom is -0.508 e. The van der Waals surface area contributed by atoms with Crippen LogP contribution in [0.5, 0.6) is 5.75 Å². The van der Waals surface area contributed by atoms with E-state index in [1.54, 1.807) is 24.3 Å². The van der Waals surface area contributed by atoms with Crippen molar-refractivity contribution in [1.82, 2.24) is 0 Å². The molecule has 2 heterocycles. The second kappa shape index (κ2) is 12.2. The molecule has 0 unspecified atom stereocenters. The summed E-state index contributed by atoms with van der Waals surface area (Å²) in [6.45, 7) is 4.08. The van der Waals surface area contributed by atoms with Crippen LogP contribution in [0.1, 0.15) is 51.5 Å². The predicted octanol–water partition coefficient (Wildman–Crippen LogP) is 3.71. The lowest BCUT2D eigenvalue weighted by Crippen LogP contribution is -2.46. The number of rotatable bonds is 8. The molecule has 214 valence electrons. The van der Waals surface area contributed by atoms with Crippen LogP contribution < -0.4 is 10.4 Å². The Morgan fingerprint density at radius 2 is 1.93 bits per heavy atom. The number of carbonyl (C=O) groups excluding carboxylic acids is 2. The van der Waals surface area contributed by atoms with Crippen molar-refractivity contribution in [2.24, 2.45) is 17.8 Å². The standard InChI is InChI=1S/C30H34B2ClNO7/c1-3-5-18(13-19-9-10-22(35)15-25(19)33)8-11-26-27-17(2)12-23-28(24(27)16-31(38)41-26)30(37)34(29(23)36)21-7-4-6-20(14-21)32(39)40/h4,6-7,9-10,13-15,23-24,26,28,35,38-40H,3,5,8,11-12,16H2,1-2H3/b18-13+/t23-,24+,26-,28-/m1/s1. The van der Waals surface area contributed by atoms with E-state index in [1.807, 2.05) is 13.0 Å². The van der Waals surface area contributed by atoms with Gasteiger partial charge in [0.25, 0.3) is 0 Å². The Morgan fingerprint density at radius 1 is 1.15 bits per heavy atom. The number of phenolic OH excluding ortho intramolecular Hbond substituents is 1. The molecule has 4 atom stereocenters. The molecule has 0 saturated carbocycles. The summed E-state index contributed by atoms with van der Waals surface area (Å²) < 4.78 is 6.05. The molecule has 5 rings (SSSR count). The van der Waals surface area contributed by atoms with Crippen LogP contribution in [0.2, 0.25) is 11.3 Å². The second-order valence-electron chi connectivity index (χ2n) is 11.3. The number of benzene rings is 2. The maximum absolute atomic E-state index is 13.8. The van der Waals surface area contributed by atoms with Crippen molar-refractivity contribution < 1.29 is 34.4 Å². The van der Waals surface area contributed by atoms with Crippen molar-refractivity contribution in [3.05, 3.63) is 69.8 Å². The first-order valence-corrected chi connectivity index (χ1v) is 14.5. The Balaban J connectivity index is 1.40. The normalized spacial score (nSPS) is 24.6. The lowest BCUT2D eigenvalue weighted by atomic mass is 9.58. The molecular weight excluding hydrogens is 543 g/mol. The van der Waals surface area contributed by atoms with Gasteiger partial charge < -0.3 is 24.8 Å². The fraction of sp³-hybridized carbons (Fsp3) is 0.400. The number of aromatic hydroxyl groups is 1. The molecule has 0 aromatic heterocycles. The van der Waals surface area contributed by atoms with Crippen molar-refractivity contribution in [2.45, 2.75) is 58.4 Å². The quantitative estimate of drug-likeness (QED) is 0.214. The van der Waals surface area contributed by atoms with Crippen LogP contribution >= 0.6 is 11.6 Å². The molecular formula is C30H34B2ClNO7. The van der Waals surface area contributed by atoms with Crippen LogP contribution in [0, 0.1) is 17.8 Å². The first-order valence-electron chi connectivity index (χ1n) is 14.1. The highest BCUT2D eigenvalue weighted by Gasteiger charge is 2.57. The number of hydrogen-bond acceptors (Lipinski definition) is 7. The van der Waals surface area contributed by atoms with Gasteiger partial charge in [0.1, 0.15) is 5.75 Å². The average Bonchev–Trinajstić information content (AvgIpc) is 3.17. The van der Waals surface area contributed by atoms with Gasteiger partial charge in [0.15, 0.2) is 0 Å². The molecule has 2 aliphatic heterocycles. The number of amides is 2. The maximum atomic E-state index is 13.8. The molecule has 2 aromatic rings. The van der Waals surface area contributed by atoms with E-state index in [1.165, 1.54) is 18.2 Å². The third kappa shape index (κ3) is 5.90. The number of carbonyl (C=O) groups is 2. The fourth-order valence-electron chi connectivity index (χ4n) is 6.76. The zero-order chi connectivity index (χ0) is 29.4. The molecule has 11 heteroatoms. The number of fused-ring (bicyclic) bond motifs is 3. The smallest absolute Gasteiger partial charge is 0.488 e. The Morgan fingerprint density at radius 3 is 2.63 bits per heavy atom. The molecule has 8 nitrogen and oxygen atoms in total. The highest BCUT2D eigenvalue weighted by atomic mass is 35.5. The molecule has 1 aliphatic carbocycles. The van der Waals surface area contributed by atoms with E-state index in [2.05, 4.69) is 6.92 Å². The minimum atomic E-state index is -1.72. The molecule has 2 aromatic carbocycles. The van der Waals surface area contributed by atoms with E-state index >= 15 is 0 Å². The molecule has 0 spiro atoms. The number of nitrogens with zero attached hydrogens (tertiary/aromatic N) is 1.